The molecule has 4 aliphatic heterocycles. The van der Waals surface area contributed by atoms with Crippen molar-refractivity contribution >= 4 is 47.3 Å². The molecule has 8 amide bonds. The number of carbonyl (C=O) groups excluding carboxylic acids is 8. The molecular weight excluding hydrogens is 1550 g/mol. The molecule has 692 valence electrons. The lowest BCUT2D eigenvalue weighted by atomic mass is 9.78. The van der Waals surface area contributed by atoms with Gasteiger partial charge >= 0.3 is 0 Å². The van der Waals surface area contributed by atoms with Gasteiger partial charge in [-0.3, -0.25) is 38.4 Å². The van der Waals surface area contributed by atoms with Gasteiger partial charge in [0.1, 0.15) is 23.0 Å². The standard InChI is InChI=1S/C111H28N4O10.70H2/c1-5-7-9-11-13-15-17-19-21-23-25-27-29-31-33-35-37-39-41-43-45-47-49-51-53-55-57-59-61-63-65-67-69-71-101(112-103(116)85-86-104(112)117)114-107(120)97-83-81-95(89-99(97)109(114)122)124-93-77-73-91(74-78-93)111(3,4)92-75-79-94(80-76-92)125-96-82-84-98-100(90-96)110(123)115(108(98)121)102(113-105(118)87-88-106(113)119)72-70-68-66-64-62-60-58-56-54-52-50-48-46-44-42-40-38-36-34-32-30-28-26-24-22-20-18-16-14-12-10-8-6-2;;;;;;;;;;;;;;;;;;;;;;;;;;;;;;;;;;;;;;;;;;;;;;;;;;;;;;;;;;;;;;;;;;;;;;/h73-90H,1-2H2,3-4H3;70*1H. The second kappa shape index (κ2) is 49.4. The lowest BCUT2D eigenvalue weighted by Crippen LogP contribution is -2.41. The molecule has 125 heavy (non-hydrogen) atoms. The summed E-state index contributed by atoms with van der Waals surface area (Å²) in [6.45, 7) is 10.6. The molecular formula is C111H168N4O10. The number of hydrogen-bond acceptors (Lipinski definition) is 10. The molecule has 0 aliphatic carbocycles. The minimum Gasteiger partial charge on any atom is -0.457 e. The minimum atomic E-state index is -0.895. The van der Waals surface area contributed by atoms with Crippen LogP contribution in [0.25, 0.3) is 0 Å². The summed E-state index contributed by atoms with van der Waals surface area (Å²) in [7, 11) is 0. The Morgan fingerprint density at radius 3 is 0.608 bits per heavy atom. The zero-order valence-corrected chi connectivity index (χ0v) is 64.2. The number of hydrogen-bond donors (Lipinski definition) is 0. The molecule has 0 unspecified atom stereocenters. The number of fused-ring (bicyclic) bond motifs is 2. The maximum Gasteiger partial charge on any atom is 0.267 e. The van der Waals surface area contributed by atoms with Crippen LogP contribution in [-0.4, -0.2) is 66.9 Å². The van der Waals surface area contributed by atoms with Gasteiger partial charge in [0.15, 0.2) is 11.6 Å². The van der Waals surface area contributed by atoms with Gasteiger partial charge in [0.2, 0.25) is 0 Å². The van der Waals surface area contributed by atoms with Crippen molar-refractivity contribution in [3.63, 3.8) is 0 Å². The second-order valence-corrected chi connectivity index (χ2v) is 22.1. The lowest BCUT2D eigenvalue weighted by Gasteiger charge is -2.26. The molecule has 0 radical (unpaired) electrons. The molecule has 4 heterocycles. The van der Waals surface area contributed by atoms with E-state index in [2.05, 4.69) is 403 Å². The predicted octanol–water partition coefficient (Wildman–Crippen LogP) is 33.3. The van der Waals surface area contributed by atoms with Crippen LogP contribution in [0.3, 0.4) is 0 Å². The Labute approximate surface area is 813 Å². The van der Waals surface area contributed by atoms with E-state index in [1.807, 2.05) is 38.1 Å². The van der Waals surface area contributed by atoms with Crippen LogP contribution in [0.1, 0.15) is 166 Å². The third-order valence-corrected chi connectivity index (χ3v) is 14.2. The van der Waals surface area contributed by atoms with E-state index < -0.39 is 64.3 Å². The molecule has 14 heteroatoms. The van der Waals surface area contributed by atoms with Gasteiger partial charge in [-0.1, -0.05) is 49.6 Å². The number of benzene rings is 4. The van der Waals surface area contributed by atoms with Crippen molar-refractivity contribution in [1.29, 1.82) is 0 Å². The molecule has 4 aromatic carbocycles. The van der Waals surface area contributed by atoms with Crippen LogP contribution in [0.5, 0.6) is 23.0 Å². The number of carbonyl (C=O) groups is 8. The summed E-state index contributed by atoms with van der Waals surface area (Å²) in [4.78, 5) is 110. The van der Waals surface area contributed by atoms with Crippen LogP contribution in [0, 0.1) is 0 Å². The highest BCUT2D eigenvalue weighted by atomic mass is 16.5. The first-order valence-electron chi connectivity index (χ1n) is 34.3. The molecule has 0 spiro atoms. The zero-order valence-electron chi connectivity index (χ0n) is 64.2. The van der Waals surface area contributed by atoms with Crippen molar-refractivity contribution in [3.8, 4) is 23.0 Å². The summed E-state index contributed by atoms with van der Waals surface area (Å²) < 4.78 is 12.3. The van der Waals surface area contributed by atoms with Gasteiger partial charge in [0, 0.05) is 313 Å². The Bertz CT molecular complexity index is 8450. The SMILES string of the molecule is C=C=C=C=C=C=C=C=C=C=C=C=C=C=C=C=C=C=C=C=C=C=C=C=C=C=C=C=C=C=C=C=C=C=C=C(N1C(=O)C=CC1=O)N1C(=O)c2ccc(Oc3ccc(C(C)(C)c4ccc(Oc5ccc6c(c5)C(=O)N(C(=C=C=C=C=C=C=C=C=C=C=C=C=C=C=C=C=C=C=C=C=C=C=C=C=C=C=C=C=C=C=C=C=C=C=C)N5C(=O)C=CC5=O)C6=O)cc4)cc3)cc2C1=O.[HH].[HH].[HH].[HH].[HH].[HH].[HH].[HH].[HH].[HH].[HH].[HH].[HH].[HH].[HH].[HH].[HH].[HH].[HH].[HH].[HH].[HH].[HH].[HH].[HH].[HH].[HH].[HH].[HH].[HH].[HH].[HH].[HH].[HH].[HH].[HH].[HH].[HH].[HH].[HH].[HH].[HH].[HH].[HH].[HH].[HH].[HH].[HH].[HH].[HH].[HH].[HH].[HH].[HH].[HH].[HH].[HH].[HH].[HH].[HH].[HH].[HH].[HH].[HH].[HH].[HH].[HH].[HH].[HH].[HH]. The first kappa shape index (κ1) is 87.6. The number of nitrogens with zero attached hydrogens (tertiary/aromatic N) is 4. The predicted molar refractivity (Wildman–Crippen MR) is 586 cm³/mol. The highest BCUT2D eigenvalue weighted by molar-refractivity contribution is 6.25. The molecule has 14 nitrogen and oxygen atoms in total. The van der Waals surface area contributed by atoms with Crippen molar-refractivity contribution in [3.05, 3.63) is 557 Å². The largest absolute Gasteiger partial charge is 0.457 e. The van der Waals surface area contributed by atoms with Crippen molar-refractivity contribution < 1.29 is 148 Å². The first-order chi connectivity index (χ1) is 61.2. The Hall–Kier alpha value is -23.0. The van der Waals surface area contributed by atoms with E-state index in [0.29, 0.717) is 31.1 Å². The van der Waals surface area contributed by atoms with Crippen molar-refractivity contribution in [2.75, 3.05) is 0 Å². The highest BCUT2D eigenvalue weighted by Gasteiger charge is 2.45. The van der Waals surface area contributed by atoms with E-state index in [4.69, 9.17) is 9.47 Å². The maximum atomic E-state index is 14.1. The number of amides is 8. The topological polar surface area (TPSA) is 168 Å². The van der Waals surface area contributed by atoms with Gasteiger partial charge in [0.05, 0.1) is 22.3 Å². The smallest absolute Gasteiger partial charge is 0.267 e. The molecule has 0 bridgehead atoms. The van der Waals surface area contributed by atoms with Gasteiger partial charge in [-0.05, 0) is 280 Å². The third-order valence-electron chi connectivity index (χ3n) is 14.2. The molecule has 8 rings (SSSR count). The quantitative estimate of drug-likeness (QED) is 0.110. The highest BCUT2D eigenvalue weighted by Crippen LogP contribution is 2.38. The average Bonchev–Trinajstić information content (AvgIpc) is 1.60. The molecule has 0 aromatic heterocycles. The summed E-state index contributed by atoms with van der Waals surface area (Å²) in [6.07, 6.45) is 3.86. The average molecular weight is 1720 g/mol. The maximum absolute atomic E-state index is 14.1. The van der Waals surface area contributed by atoms with E-state index in [9.17, 15) is 38.4 Å². The summed E-state index contributed by atoms with van der Waals surface area (Å²) in [6, 6.07) is 22.7. The fourth-order valence-corrected chi connectivity index (χ4v) is 9.05. The monoisotopic (exact) mass is 1720 g/mol. The van der Waals surface area contributed by atoms with Gasteiger partial charge in [-0.15, -0.1) is 0 Å². The molecule has 0 atom stereocenters. The van der Waals surface area contributed by atoms with E-state index in [1.54, 1.807) is 24.3 Å². The zero-order chi connectivity index (χ0) is 88.6. The molecule has 0 saturated heterocycles. The normalized spacial score (nSPS) is 9.49. The Balaban J connectivity index is -0.0000000408. The molecule has 4 aromatic rings. The Morgan fingerprint density at radius 1 is 0.232 bits per heavy atom. The van der Waals surface area contributed by atoms with Gasteiger partial charge in [0.25, 0.3) is 47.3 Å². The van der Waals surface area contributed by atoms with Crippen molar-refractivity contribution in [2.24, 2.45) is 0 Å². The van der Waals surface area contributed by atoms with Gasteiger partial charge < -0.3 is 9.47 Å². The van der Waals surface area contributed by atoms with Crippen LogP contribution in [-0.2, 0) is 24.6 Å². The summed E-state index contributed by atoms with van der Waals surface area (Å²) in [5.41, 5.74) is 169. The Kier molecular flexibility index (Phi) is 34.6. The van der Waals surface area contributed by atoms with Gasteiger partial charge in [-0.25, -0.2) is 19.6 Å². The number of imide groups is 4. The summed E-state index contributed by atoms with van der Waals surface area (Å²) in [5, 5.41) is 0. The second-order valence-electron chi connectivity index (χ2n) is 22.1. The van der Waals surface area contributed by atoms with Crippen LogP contribution < -0.4 is 9.47 Å². The van der Waals surface area contributed by atoms with E-state index in [-0.39, 0.29) is 134 Å². The minimum absolute atomic E-state index is 0. The van der Waals surface area contributed by atoms with Crippen LogP contribution in [0.15, 0.2) is 524 Å². The van der Waals surface area contributed by atoms with E-state index in [0.717, 1.165) is 35.4 Å². The fourth-order valence-electron chi connectivity index (χ4n) is 9.05. The first-order valence-corrected chi connectivity index (χ1v) is 34.3. The van der Waals surface area contributed by atoms with E-state index in [1.165, 1.54) is 36.4 Å². The molecule has 4 aliphatic rings. The Morgan fingerprint density at radius 2 is 0.408 bits per heavy atom. The van der Waals surface area contributed by atoms with Crippen LogP contribution >= 0.6 is 0 Å². The molecule has 0 N–H and O–H groups in total. The summed E-state index contributed by atoms with van der Waals surface area (Å²) in [5.74, 6) is -6.94. The molecule has 0 fully saturated rings. The van der Waals surface area contributed by atoms with Crippen LogP contribution in [0.4, 0.5) is 0 Å². The number of ether oxygens (including phenoxy) is 2. The van der Waals surface area contributed by atoms with E-state index >= 15 is 0 Å². The van der Waals surface area contributed by atoms with Crippen LogP contribution in [0.2, 0.25) is 0 Å². The molecule has 0 saturated carbocycles. The fraction of sp³-hybridized carbons (Fsp3) is 0.0270. The summed E-state index contributed by atoms with van der Waals surface area (Å²) >= 11 is 0. The van der Waals surface area contributed by atoms with Crippen molar-refractivity contribution in [1.82, 2.24) is 19.6 Å². The number of rotatable bonds is 10. The van der Waals surface area contributed by atoms with Crippen molar-refractivity contribution in [2.45, 2.75) is 19.3 Å². The lowest BCUT2D eigenvalue weighted by molar-refractivity contribution is -0.137. The van der Waals surface area contributed by atoms with Gasteiger partial charge in [-0.2, -0.15) is 0 Å². The third kappa shape index (κ3) is 28.3.